The molecule has 2 aliphatic heterocycles. The zero-order valence-corrected chi connectivity index (χ0v) is 16.7. The Bertz CT molecular complexity index is 873. The third kappa shape index (κ3) is 4.15. The molecule has 0 spiro atoms. The van der Waals surface area contributed by atoms with Crippen molar-refractivity contribution in [2.45, 2.75) is 32.3 Å². The van der Waals surface area contributed by atoms with E-state index in [1.54, 1.807) is 0 Å². The molecule has 2 aliphatic rings. The van der Waals surface area contributed by atoms with E-state index in [1.807, 2.05) is 18.6 Å². The molecule has 0 aromatic heterocycles. The zero-order valence-electron chi connectivity index (χ0n) is 15.9. The summed E-state index contributed by atoms with van der Waals surface area (Å²) in [5, 5.41) is 0. The average molecular weight is 418 g/mol. The highest BCUT2D eigenvalue weighted by Crippen LogP contribution is 2.45. The number of amides is 1. The Morgan fingerprint density at radius 1 is 1.36 bits per heavy atom. The lowest BCUT2D eigenvalue weighted by atomic mass is 9.93. The minimum absolute atomic E-state index is 0.0338. The van der Waals surface area contributed by atoms with Crippen LogP contribution in [0.2, 0.25) is 0 Å². The fourth-order valence-electron chi connectivity index (χ4n) is 3.00. The van der Waals surface area contributed by atoms with Crippen molar-refractivity contribution in [3.63, 3.8) is 0 Å². The van der Waals surface area contributed by atoms with Crippen molar-refractivity contribution >= 4 is 21.8 Å². The van der Waals surface area contributed by atoms with Crippen LogP contribution in [0.4, 0.5) is 10.1 Å². The molecule has 0 atom stereocenters. The third-order valence-corrected chi connectivity index (χ3v) is 5.79. The molecule has 1 saturated heterocycles. The number of nitrogens with one attached hydrogen (secondary N) is 1. The first-order valence-corrected chi connectivity index (χ1v) is 10.2. The molecule has 1 aromatic rings. The second kappa shape index (κ2) is 7.72. The van der Waals surface area contributed by atoms with Crippen LogP contribution in [0.3, 0.4) is 0 Å². The SMILES string of the molecule is COCCOCOc1cc2c(c(F)c1N1CC(=O)NS1(=O)=O)OC(C)(C)CC2. The Morgan fingerprint density at radius 2 is 2.11 bits per heavy atom. The second-order valence-electron chi connectivity index (χ2n) is 7.09. The highest BCUT2D eigenvalue weighted by molar-refractivity contribution is 7.92. The molecule has 1 N–H and O–H groups in total. The minimum Gasteiger partial charge on any atom is -0.484 e. The Labute approximate surface area is 162 Å². The molecule has 11 heteroatoms. The van der Waals surface area contributed by atoms with E-state index in [2.05, 4.69) is 0 Å². The Hall–Kier alpha value is -2.11. The summed E-state index contributed by atoms with van der Waals surface area (Å²) in [6, 6.07) is 1.53. The van der Waals surface area contributed by atoms with Crippen LogP contribution in [-0.4, -0.2) is 53.6 Å². The van der Waals surface area contributed by atoms with Crippen LogP contribution in [-0.2, 0) is 30.9 Å². The quantitative estimate of drug-likeness (QED) is 0.523. The van der Waals surface area contributed by atoms with Gasteiger partial charge in [0.25, 0.3) is 5.91 Å². The van der Waals surface area contributed by atoms with Crippen LogP contribution < -0.4 is 18.5 Å². The summed E-state index contributed by atoms with van der Waals surface area (Å²) >= 11 is 0. The summed E-state index contributed by atoms with van der Waals surface area (Å²) in [4.78, 5) is 11.6. The number of aryl methyl sites for hydroxylation is 1. The van der Waals surface area contributed by atoms with Gasteiger partial charge in [0.2, 0.25) is 0 Å². The van der Waals surface area contributed by atoms with Gasteiger partial charge in [0, 0.05) is 12.7 Å². The maximum absolute atomic E-state index is 15.4. The monoisotopic (exact) mass is 418 g/mol. The molecule has 3 rings (SSSR count). The van der Waals surface area contributed by atoms with E-state index in [-0.39, 0.29) is 30.6 Å². The summed E-state index contributed by atoms with van der Waals surface area (Å²) in [6.45, 7) is 3.44. The van der Waals surface area contributed by atoms with E-state index in [9.17, 15) is 13.2 Å². The molecule has 1 aromatic carbocycles. The number of anilines is 1. The number of ether oxygens (including phenoxy) is 4. The smallest absolute Gasteiger partial charge is 0.326 e. The highest BCUT2D eigenvalue weighted by atomic mass is 32.2. The van der Waals surface area contributed by atoms with Gasteiger partial charge in [-0.05, 0) is 32.8 Å². The summed E-state index contributed by atoms with van der Waals surface area (Å²) in [5.74, 6) is -1.73. The molecular formula is C17H23FN2O7S. The summed E-state index contributed by atoms with van der Waals surface area (Å²) in [6.07, 6.45) is 1.19. The fraction of sp³-hybridized carbons (Fsp3) is 0.588. The topological polar surface area (TPSA) is 103 Å². The van der Waals surface area contributed by atoms with Crippen LogP contribution >= 0.6 is 0 Å². The molecule has 0 bridgehead atoms. The number of benzene rings is 1. The van der Waals surface area contributed by atoms with Crippen molar-refractivity contribution < 1.29 is 36.6 Å². The van der Waals surface area contributed by atoms with Gasteiger partial charge in [-0.15, -0.1) is 0 Å². The number of rotatable bonds is 7. The maximum Gasteiger partial charge on any atom is 0.326 e. The van der Waals surface area contributed by atoms with Gasteiger partial charge in [0.15, 0.2) is 24.1 Å². The van der Waals surface area contributed by atoms with Gasteiger partial charge in [-0.1, -0.05) is 0 Å². The normalized spacial score (nSPS) is 19.7. The zero-order chi connectivity index (χ0) is 20.5. The second-order valence-corrected chi connectivity index (χ2v) is 8.68. The minimum atomic E-state index is -4.23. The van der Waals surface area contributed by atoms with Gasteiger partial charge in [-0.25, -0.2) is 13.4 Å². The number of carbonyl (C=O) groups excluding carboxylic acids is 1. The van der Waals surface area contributed by atoms with Gasteiger partial charge in [0.1, 0.15) is 17.8 Å². The van der Waals surface area contributed by atoms with Gasteiger partial charge in [-0.2, -0.15) is 8.42 Å². The molecule has 1 amide bonds. The van der Waals surface area contributed by atoms with Crippen LogP contribution in [0.1, 0.15) is 25.8 Å². The van der Waals surface area contributed by atoms with E-state index in [4.69, 9.17) is 18.9 Å². The standard InChI is InChI=1S/C17H23FN2O7S/c1-17(2)5-4-11-8-12(26-10-25-7-6-24-3)15(14(18)16(11)27-17)20-9-13(21)19-28(20,22)23/h8H,4-7,9-10H2,1-3H3,(H,19,21). The number of hydrogen-bond donors (Lipinski definition) is 1. The number of hydrogen-bond acceptors (Lipinski definition) is 7. The highest BCUT2D eigenvalue weighted by Gasteiger charge is 2.40. The van der Waals surface area contributed by atoms with Gasteiger partial charge < -0.3 is 18.9 Å². The first-order chi connectivity index (χ1) is 13.1. The molecule has 0 radical (unpaired) electrons. The van der Waals surface area contributed by atoms with E-state index < -0.39 is 34.1 Å². The van der Waals surface area contributed by atoms with Gasteiger partial charge >= 0.3 is 10.2 Å². The first-order valence-electron chi connectivity index (χ1n) is 8.72. The van der Waals surface area contributed by atoms with Crippen molar-refractivity contribution in [2.75, 3.05) is 38.0 Å². The van der Waals surface area contributed by atoms with Crippen molar-refractivity contribution in [3.8, 4) is 11.5 Å². The first kappa shape index (κ1) is 20.6. The lowest BCUT2D eigenvalue weighted by molar-refractivity contribution is -0.117. The summed E-state index contributed by atoms with van der Waals surface area (Å²) in [7, 11) is -2.71. The molecule has 1 fully saturated rings. The molecule has 156 valence electrons. The molecule has 0 aliphatic carbocycles. The number of methoxy groups -OCH3 is 1. The number of halogens is 1. The average Bonchev–Trinajstić information content (AvgIpc) is 2.87. The lowest BCUT2D eigenvalue weighted by Crippen LogP contribution is -2.35. The van der Waals surface area contributed by atoms with Crippen molar-refractivity contribution in [2.24, 2.45) is 0 Å². The van der Waals surface area contributed by atoms with Crippen molar-refractivity contribution in [1.82, 2.24) is 4.72 Å². The Balaban J connectivity index is 2.00. The fourth-order valence-corrected chi connectivity index (χ4v) is 4.16. The molecule has 2 heterocycles. The molecule has 0 unspecified atom stereocenters. The molecule has 9 nitrogen and oxygen atoms in total. The van der Waals surface area contributed by atoms with E-state index >= 15 is 4.39 Å². The van der Waals surface area contributed by atoms with Crippen LogP contribution in [0.25, 0.3) is 0 Å². The third-order valence-electron chi connectivity index (χ3n) is 4.41. The number of fused-ring (bicyclic) bond motifs is 1. The van der Waals surface area contributed by atoms with Crippen LogP contribution in [0.15, 0.2) is 6.07 Å². The Kier molecular flexibility index (Phi) is 5.69. The Morgan fingerprint density at radius 3 is 2.75 bits per heavy atom. The lowest BCUT2D eigenvalue weighted by Gasteiger charge is -2.34. The maximum atomic E-state index is 15.4. The molecular weight excluding hydrogens is 395 g/mol. The van der Waals surface area contributed by atoms with E-state index in [0.717, 1.165) is 0 Å². The number of carbonyl (C=O) groups is 1. The summed E-state index contributed by atoms with van der Waals surface area (Å²) in [5.41, 5.74) is -0.428. The van der Waals surface area contributed by atoms with Crippen LogP contribution in [0.5, 0.6) is 11.5 Å². The van der Waals surface area contributed by atoms with Crippen molar-refractivity contribution in [1.29, 1.82) is 0 Å². The van der Waals surface area contributed by atoms with Crippen molar-refractivity contribution in [3.05, 3.63) is 17.4 Å². The number of nitrogens with zero attached hydrogens (tertiary/aromatic N) is 1. The van der Waals surface area contributed by atoms with Gasteiger partial charge in [-0.3, -0.25) is 4.79 Å². The van der Waals surface area contributed by atoms with Gasteiger partial charge in [0.05, 0.1) is 13.2 Å². The molecule has 28 heavy (non-hydrogen) atoms. The van der Waals surface area contributed by atoms with E-state index in [0.29, 0.717) is 29.3 Å². The van der Waals surface area contributed by atoms with Crippen LogP contribution in [0, 0.1) is 5.82 Å². The predicted octanol–water partition coefficient (Wildman–Crippen LogP) is 1.11. The largest absolute Gasteiger partial charge is 0.484 e. The molecule has 0 saturated carbocycles. The predicted molar refractivity (Wildman–Crippen MR) is 97.2 cm³/mol. The summed E-state index contributed by atoms with van der Waals surface area (Å²) < 4.78 is 63.8. The van der Waals surface area contributed by atoms with E-state index in [1.165, 1.54) is 13.2 Å².